The van der Waals surface area contributed by atoms with Gasteiger partial charge in [0.05, 0.1) is 0 Å². The minimum absolute atomic E-state index is 0.0141. The van der Waals surface area contributed by atoms with E-state index < -0.39 is 8.53 Å². The molecule has 0 saturated heterocycles. The molecule has 7 rings (SSSR count). The first-order valence-electron chi connectivity index (χ1n) is 13.4. The summed E-state index contributed by atoms with van der Waals surface area (Å²) < 4.78 is 16.6. The van der Waals surface area contributed by atoms with E-state index in [0.717, 1.165) is 37.2 Å². The Hall–Kier alpha value is -3.13. The van der Waals surface area contributed by atoms with Crippen molar-refractivity contribution in [3.63, 3.8) is 0 Å². The van der Waals surface area contributed by atoms with Gasteiger partial charge in [0.15, 0.2) is 0 Å². The second-order valence-corrected chi connectivity index (χ2v) is 11.9. The van der Waals surface area contributed by atoms with Gasteiger partial charge in [-0.15, -0.1) is 0 Å². The molecule has 0 fully saturated rings. The number of benzene rings is 4. The molecule has 4 heteroatoms. The van der Waals surface area contributed by atoms with Crippen LogP contribution in [0.2, 0.25) is 0 Å². The molecule has 0 bridgehead atoms. The van der Waals surface area contributed by atoms with Crippen molar-refractivity contribution in [1.82, 2.24) is 4.67 Å². The number of aryl methyl sites for hydroxylation is 2. The molecule has 0 unspecified atom stereocenters. The number of nitrogens with zero attached hydrogens (tertiary/aromatic N) is 1. The predicted molar refractivity (Wildman–Crippen MR) is 150 cm³/mol. The molecule has 1 spiro atoms. The first kappa shape index (κ1) is 23.0. The maximum absolute atomic E-state index is 7.05. The third kappa shape index (κ3) is 3.63. The maximum Gasteiger partial charge on any atom is 0.385 e. The van der Waals surface area contributed by atoms with Crippen LogP contribution in [0.5, 0.6) is 11.5 Å². The van der Waals surface area contributed by atoms with E-state index in [1.807, 2.05) is 0 Å². The maximum atomic E-state index is 7.05. The summed E-state index contributed by atoms with van der Waals surface area (Å²) in [7, 11) is -1.46. The highest BCUT2D eigenvalue weighted by Crippen LogP contribution is 2.63. The Morgan fingerprint density at radius 1 is 0.622 bits per heavy atom. The number of hydrogen-bond donors (Lipinski definition) is 0. The first-order valence-corrected chi connectivity index (χ1v) is 14.6. The molecule has 4 aromatic rings. The SMILES string of the molecule is C[C@H](c1ccccc1)N([C@H](C)c1ccccc1)P1Oc2cccc3c2C2(CC3)CCc3cccc(c32)O1. The van der Waals surface area contributed by atoms with Gasteiger partial charge in [0, 0.05) is 28.6 Å². The van der Waals surface area contributed by atoms with Gasteiger partial charge in [-0.25, -0.2) is 4.67 Å². The molecule has 2 aliphatic carbocycles. The van der Waals surface area contributed by atoms with Crippen molar-refractivity contribution in [2.75, 3.05) is 0 Å². The smallest absolute Gasteiger partial charge is 0.385 e. The zero-order valence-electron chi connectivity index (χ0n) is 21.4. The van der Waals surface area contributed by atoms with Crippen LogP contribution in [0.1, 0.15) is 72.2 Å². The Kier molecular flexibility index (Phi) is 5.61. The molecular formula is C33H32NO2P. The minimum Gasteiger partial charge on any atom is -0.427 e. The van der Waals surface area contributed by atoms with Crippen molar-refractivity contribution in [1.29, 1.82) is 0 Å². The molecule has 0 aromatic heterocycles. The van der Waals surface area contributed by atoms with E-state index in [-0.39, 0.29) is 17.5 Å². The summed E-state index contributed by atoms with van der Waals surface area (Å²) in [6, 6.07) is 34.9. The molecule has 0 radical (unpaired) electrons. The largest absolute Gasteiger partial charge is 0.427 e. The number of rotatable bonds is 5. The summed E-state index contributed by atoms with van der Waals surface area (Å²) in [6.45, 7) is 4.55. The lowest BCUT2D eigenvalue weighted by atomic mass is 9.76. The van der Waals surface area contributed by atoms with E-state index in [1.165, 1.54) is 33.4 Å². The van der Waals surface area contributed by atoms with Crippen LogP contribution in [-0.4, -0.2) is 4.67 Å². The highest BCUT2D eigenvalue weighted by molar-refractivity contribution is 7.45. The molecule has 186 valence electrons. The summed E-state index contributed by atoms with van der Waals surface area (Å²) in [5.74, 6) is 2.02. The monoisotopic (exact) mass is 505 g/mol. The van der Waals surface area contributed by atoms with Crippen molar-refractivity contribution >= 4 is 8.53 Å². The molecule has 0 amide bonds. The van der Waals surface area contributed by atoms with E-state index in [0.29, 0.717) is 0 Å². The lowest BCUT2D eigenvalue weighted by Crippen LogP contribution is -2.31. The van der Waals surface area contributed by atoms with E-state index in [2.05, 4.69) is 116 Å². The van der Waals surface area contributed by atoms with E-state index >= 15 is 0 Å². The van der Waals surface area contributed by atoms with Crippen LogP contribution in [0.15, 0.2) is 97.1 Å². The molecule has 0 saturated carbocycles. The van der Waals surface area contributed by atoms with Crippen LogP contribution in [-0.2, 0) is 18.3 Å². The fourth-order valence-corrected chi connectivity index (χ4v) is 8.62. The Balaban J connectivity index is 1.40. The van der Waals surface area contributed by atoms with Gasteiger partial charge in [0.25, 0.3) is 0 Å². The topological polar surface area (TPSA) is 21.7 Å². The van der Waals surface area contributed by atoms with Gasteiger partial charge >= 0.3 is 8.53 Å². The van der Waals surface area contributed by atoms with Crippen molar-refractivity contribution in [3.8, 4) is 11.5 Å². The average molecular weight is 506 g/mol. The van der Waals surface area contributed by atoms with Crippen LogP contribution in [0.4, 0.5) is 0 Å². The Bertz CT molecular complexity index is 1330. The van der Waals surface area contributed by atoms with Gasteiger partial charge in [-0.2, -0.15) is 0 Å². The van der Waals surface area contributed by atoms with E-state index in [1.54, 1.807) is 0 Å². The summed E-state index contributed by atoms with van der Waals surface area (Å²) in [4.78, 5) is 0. The van der Waals surface area contributed by atoms with Gasteiger partial charge in [-0.05, 0) is 73.9 Å². The zero-order chi connectivity index (χ0) is 25.0. The molecule has 37 heavy (non-hydrogen) atoms. The molecular weight excluding hydrogens is 473 g/mol. The molecule has 2 atom stereocenters. The standard InChI is InChI=1S/C33H32NO2P/c1-23(25-11-5-3-6-12-25)34(24(2)26-13-7-4-8-14-26)37-35-29-17-9-15-27-19-21-33(31(27)29)22-20-28-16-10-18-30(36-37)32(28)33/h3-18,23-24H,19-22H2,1-2H3/t23-,24-,33?/m1/s1. The number of hydrogen-bond acceptors (Lipinski definition) is 3. The second-order valence-electron chi connectivity index (χ2n) is 10.6. The normalized spacial score (nSPS) is 18.7. The van der Waals surface area contributed by atoms with Gasteiger partial charge in [0.2, 0.25) is 0 Å². The van der Waals surface area contributed by atoms with E-state index in [4.69, 9.17) is 9.05 Å². The van der Waals surface area contributed by atoms with E-state index in [9.17, 15) is 0 Å². The second kappa shape index (κ2) is 9.01. The summed E-state index contributed by atoms with van der Waals surface area (Å²) in [5, 5.41) is 0. The van der Waals surface area contributed by atoms with Gasteiger partial charge in [-0.1, -0.05) is 84.9 Å². The average Bonchev–Trinajstić information content (AvgIpc) is 3.51. The third-order valence-corrected chi connectivity index (χ3v) is 10.5. The molecule has 3 nitrogen and oxygen atoms in total. The highest BCUT2D eigenvalue weighted by Gasteiger charge is 2.51. The first-order chi connectivity index (χ1) is 18.2. The van der Waals surface area contributed by atoms with Crippen LogP contribution in [0, 0.1) is 0 Å². The molecule has 0 N–H and O–H groups in total. The van der Waals surface area contributed by atoms with Gasteiger partial charge in [-0.3, -0.25) is 0 Å². The van der Waals surface area contributed by atoms with Gasteiger partial charge < -0.3 is 9.05 Å². The van der Waals surface area contributed by atoms with Crippen LogP contribution >= 0.6 is 8.53 Å². The summed E-state index contributed by atoms with van der Waals surface area (Å²) in [6.07, 6.45) is 4.47. The van der Waals surface area contributed by atoms with Crippen molar-refractivity contribution in [2.45, 2.75) is 57.0 Å². The fraction of sp³-hybridized carbons (Fsp3) is 0.273. The van der Waals surface area contributed by atoms with Crippen molar-refractivity contribution in [2.24, 2.45) is 0 Å². The van der Waals surface area contributed by atoms with Crippen molar-refractivity contribution < 1.29 is 9.05 Å². The Morgan fingerprint density at radius 3 is 1.54 bits per heavy atom. The van der Waals surface area contributed by atoms with Gasteiger partial charge in [0.1, 0.15) is 11.5 Å². The molecule has 3 aliphatic rings. The quantitative estimate of drug-likeness (QED) is 0.253. The summed E-state index contributed by atoms with van der Waals surface area (Å²) in [5.41, 5.74) is 8.24. The van der Waals surface area contributed by atoms with Crippen LogP contribution < -0.4 is 9.05 Å². The molecule has 1 heterocycles. The van der Waals surface area contributed by atoms with Crippen LogP contribution in [0.3, 0.4) is 0 Å². The minimum atomic E-state index is -1.46. The Morgan fingerprint density at radius 2 is 1.08 bits per heavy atom. The molecule has 1 aliphatic heterocycles. The third-order valence-electron chi connectivity index (χ3n) is 8.72. The molecule has 4 aromatic carbocycles. The lowest BCUT2D eigenvalue weighted by Gasteiger charge is -2.41. The zero-order valence-corrected chi connectivity index (χ0v) is 22.3. The van der Waals surface area contributed by atoms with Crippen LogP contribution in [0.25, 0.3) is 0 Å². The lowest BCUT2D eigenvalue weighted by molar-refractivity contribution is 0.244. The Labute approximate surface area is 221 Å². The predicted octanol–water partition coefficient (Wildman–Crippen LogP) is 8.69. The fourth-order valence-electron chi connectivity index (χ4n) is 6.92. The van der Waals surface area contributed by atoms with Crippen molar-refractivity contribution in [3.05, 3.63) is 130 Å². The highest BCUT2D eigenvalue weighted by atomic mass is 31.2. The summed E-state index contributed by atoms with van der Waals surface area (Å²) >= 11 is 0.